The lowest BCUT2D eigenvalue weighted by atomic mass is 10.0. The molecule has 0 unspecified atom stereocenters. The molecule has 0 atom stereocenters. The molecule has 0 amide bonds. The summed E-state index contributed by atoms with van der Waals surface area (Å²) in [5.74, 6) is 0.971. The van der Waals surface area contributed by atoms with Crippen molar-refractivity contribution in [2.45, 2.75) is 31.2 Å². The Morgan fingerprint density at radius 2 is 2.16 bits per heavy atom. The lowest BCUT2D eigenvalue weighted by Crippen LogP contribution is -2.21. The maximum absolute atomic E-state index is 13.3. The van der Waals surface area contributed by atoms with Gasteiger partial charge >= 0.3 is 0 Å². The van der Waals surface area contributed by atoms with E-state index in [0.717, 1.165) is 16.6 Å². The minimum Gasteiger partial charge on any atom is -0.494 e. The summed E-state index contributed by atoms with van der Waals surface area (Å²) < 4.78 is 18.3. The van der Waals surface area contributed by atoms with Gasteiger partial charge in [-0.05, 0) is 25.0 Å². The maximum Gasteiger partial charge on any atom is 0.165 e. The summed E-state index contributed by atoms with van der Waals surface area (Å²) in [4.78, 5) is 4.83. The number of nitrogens with one attached hydrogen (secondary N) is 1. The van der Waals surface area contributed by atoms with Crippen molar-refractivity contribution < 1.29 is 9.13 Å². The van der Waals surface area contributed by atoms with E-state index in [1.165, 1.54) is 38.9 Å². The summed E-state index contributed by atoms with van der Waals surface area (Å²) in [6.07, 6.45) is 4.94. The molecule has 5 heteroatoms. The molecule has 1 N–H and O–H groups in total. The summed E-state index contributed by atoms with van der Waals surface area (Å²) in [6.45, 7) is 0. The predicted molar refractivity (Wildman–Crippen MR) is 77.7 cm³/mol. The Morgan fingerprint density at radius 3 is 2.89 bits per heavy atom. The average Bonchev–Trinajstić information content (AvgIpc) is 3.03. The van der Waals surface area contributed by atoms with Gasteiger partial charge in [0.25, 0.3) is 0 Å². The second kappa shape index (κ2) is 5.04. The highest BCUT2D eigenvalue weighted by atomic mass is 32.2. The zero-order valence-corrected chi connectivity index (χ0v) is 11.7. The molecule has 19 heavy (non-hydrogen) atoms. The highest BCUT2D eigenvalue weighted by Gasteiger charge is 2.38. The fourth-order valence-corrected chi connectivity index (χ4v) is 3.90. The third-order valence-corrected chi connectivity index (χ3v) is 4.90. The molecule has 1 spiro atoms. The highest BCUT2D eigenvalue weighted by molar-refractivity contribution is 8.14. The van der Waals surface area contributed by atoms with Gasteiger partial charge in [-0.3, -0.25) is 4.99 Å². The van der Waals surface area contributed by atoms with Gasteiger partial charge in [0.1, 0.15) is 0 Å². The second-order valence-electron chi connectivity index (χ2n) is 5.11. The molecule has 1 fully saturated rings. The fourth-order valence-electron chi connectivity index (χ4n) is 2.70. The third-order valence-electron chi connectivity index (χ3n) is 3.75. The molecule has 0 bridgehead atoms. The smallest absolute Gasteiger partial charge is 0.165 e. The van der Waals surface area contributed by atoms with Crippen LogP contribution in [-0.2, 0) is 0 Å². The van der Waals surface area contributed by atoms with Gasteiger partial charge in [0, 0.05) is 17.5 Å². The van der Waals surface area contributed by atoms with Gasteiger partial charge in [-0.2, -0.15) is 0 Å². The third kappa shape index (κ3) is 2.56. The van der Waals surface area contributed by atoms with Crippen molar-refractivity contribution >= 4 is 22.6 Å². The van der Waals surface area contributed by atoms with E-state index < -0.39 is 0 Å². The molecular formula is C14H17FN2OS. The molecule has 1 saturated carbocycles. The van der Waals surface area contributed by atoms with Gasteiger partial charge in [-0.1, -0.05) is 24.6 Å². The molecule has 2 aliphatic rings. The minimum atomic E-state index is -0.346. The summed E-state index contributed by atoms with van der Waals surface area (Å²) in [5, 5.41) is 4.20. The van der Waals surface area contributed by atoms with Crippen molar-refractivity contribution in [3.05, 3.63) is 24.0 Å². The molecule has 3 rings (SSSR count). The molecule has 1 aromatic rings. The molecule has 1 aliphatic heterocycles. The Labute approximate surface area is 116 Å². The topological polar surface area (TPSA) is 33.6 Å². The number of benzene rings is 1. The first kappa shape index (κ1) is 12.8. The molecule has 3 nitrogen and oxygen atoms in total. The van der Waals surface area contributed by atoms with Crippen LogP contribution in [0, 0.1) is 5.82 Å². The van der Waals surface area contributed by atoms with Crippen LogP contribution in [-0.4, -0.2) is 23.6 Å². The molecule has 1 heterocycles. The van der Waals surface area contributed by atoms with E-state index in [4.69, 9.17) is 9.73 Å². The van der Waals surface area contributed by atoms with Crippen LogP contribution in [0.2, 0.25) is 0 Å². The van der Waals surface area contributed by atoms with E-state index in [-0.39, 0.29) is 17.1 Å². The highest BCUT2D eigenvalue weighted by Crippen LogP contribution is 2.41. The summed E-state index contributed by atoms with van der Waals surface area (Å²) in [6, 6.07) is 4.78. The monoisotopic (exact) mass is 280 g/mol. The van der Waals surface area contributed by atoms with Crippen LogP contribution in [0.25, 0.3) is 0 Å². The largest absolute Gasteiger partial charge is 0.494 e. The maximum atomic E-state index is 13.3. The van der Waals surface area contributed by atoms with Gasteiger partial charge in [-0.25, -0.2) is 4.39 Å². The van der Waals surface area contributed by atoms with Gasteiger partial charge in [0.15, 0.2) is 16.7 Å². The van der Waals surface area contributed by atoms with E-state index in [1.807, 2.05) is 0 Å². The number of hydrogen-bond acceptors (Lipinski definition) is 4. The second-order valence-corrected chi connectivity index (χ2v) is 6.08. The summed E-state index contributed by atoms with van der Waals surface area (Å²) in [5.41, 5.74) is 0.983. The van der Waals surface area contributed by atoms with Crippen LogP contribution in [0.3, 0.4) is 0 Å². The Kier molecular flexibility index (Phi) is 3.39. The lowest BCUT2D eigenvalue weighted by Gasteiger charge is -2.16. The molecular weight excluding hydrogens is 263 g/mol. The number of thioether (sulfide) groups is 1. The number of ether oxygens (including phenoxy) is 1. The van der Waals surface area contributed by atoms with Gasteiger partial charge in [-0.15, -0.1) is 0 Å². The zero-order chi connectivity index (χ0) is 13.3. The number of aliphatic imine (C=N–C) groups is 1. The Morgan fingerprint density at radius 1 is 1.37 bits per heavy atom. The van der Waals surface area contributed by atoms with Crippen molar-refractivity contribution in [1.29, 1.82) is 0 Å². The van der Waals surface area contributed by atoms with Crippen LogP contribution < -0.4 is 10.1 Å². The van der Waals surface area contributed by atoms with Crippen LogP contribution in [0.5, 0.6) is 5.75 Å². The normalized spacial score (nSPS) is 20.6. The van der Waals surface area contributed by atoms with Crippen molar-refractivity contribution in [3.8, 4) is 5.75 Å². The minimum absolute atomic E-state index is 0.164. The van der Waals surface area contributed by atoms with E-state index >= 15 is 0 Å². The van der Waals surface area contributed by atoms with Crippen LogP contribution >= 0.6 is 11.8 Å². The molecule has 1 aliphatic carbocycles. The standard InChI is InChI=1S/C14H17FN2OS/c1-18-12-8-10(4-5-11(12)15)16-13-17-14(9-19-13)6-2-3-7-14/h4-5,8H,2-3,6-7,9H2,1H3,(H,16,17). The predicted octanol–water partition coefficient (Wildman–Crippen LogP) is 3.66. The van der Waals surface area contributed by atoms with E-state index in [0.29, 0.717) is 0 Å². The van der Waals surface area contributed by atoms with E-state index in [2.05, 4.69) is 5.32 Å². The van der Waals surface area contributed by atoms with Crippen LogP contribution in [0.4, 0.5) is 10.1 Å². The number of anilines is 1. The Bertz CT molecular complexity index is 512. The number of nitrogens with zero attached hydrogens (tertiary/aromatic N) is 1. The first-order valence-electron chi connectivity index (χ1n) is 6.54. The molecule has 1 aromatic carbocycles. The molecule has 0 radical (unpaired) electrons. The molecule has 102 valence electrons. The number of hydrogen-bond donors (Lipinski definition) is 1. The van der Waals surface area contributed by atoms with Crippen molar-refractivity contribution in [2.75, 3.05) is 18.2 Å². The molecule has 0 saturated heterocycles. The Balaban J connectivity index is 1.75. The lowest BCUT2D eigenvalue weighted by molar-refractivity contribution is 0.387. The van der Waals surface area contributed by atoms with Gasteiger partial charge in [0.05, 0.1) is 12.6 Å². The van der Waals surface area contributed by atoms with Gasteiger partial charge < -0.3 is 10.1 Å². The number of halogens is 1. The number of methoxy groups -OCH3 is 1. The fraction of sp³-hybridized carbons (Fsp3) is 0.500. The Hall–Kier alpha value is -1.23. The summed E-state index contributed by atoms with van der Waals surface area (Å²) in [7, 11) is 1.47. The van der Waals surface area contributed by atoms with Crippen molar-refractivity contribution in [3.63, 3.8) is 0 Å². The quantitative estimate of drug-likeness (QED) is 0.897. The van der Waals surface area contributed by atoms with Crippen molar-refractivity contribution in [1.82, 2.24) is 0 Å². The first-order chi connectivity index (χ1) is 9.21. The zero-order valence-electron chi connectivity index (χ0n) is 10.9. The number of amidine groups is 1. The summed E-state index contributed by atoms with van der Waals surface area (Å²) >= 11 is 1.76. The first-order valence-corrected chi connectivity index (χ1v) is 7.53. The van der Waals surface area contributed by atoms with Gasteiger partial charge in [0.2, 0.25) is 0 Å². The van der Waals surface area contributed by atoms with Crippen LogP contribution in [0.1, 0.15) is 25.7 Å². The average molecular weight is 280 g/mol. The van der Waals surface area contributed by atoms with E-state index in [9.17, 15) is 4.39 Å². The molecule has 0 aromatic heterocycles. The van der Waals surface area contributed by atoms with Crippen molar-refractivity contribution in [2.24, 2.45) is 4.99 Å². The number of rotatable bonds is 2. The van der Waals surface area contributed by atoms with Crippen LogP contribution in [0.15, 0.2) is 23.2 Å². The SMILES string of the molecule is COc1cc(NC2=NC3(CCCC3)CS2)ccc1F. The van der Waals surface area contributed by atoms with E-state index in [1.54, 1.807) is 23.9 Å².